The van der Waals surface area contributed by atoms with E-state index in [0.29, 0.717) is 5.56 Å². The lowest BCUT2D eigenvalue weighted by Crippen LogP contribution is -2.05. The van der Waals surface area contributed by atoms with Crippen LogP contribution in [0.2, 0.25) is 0 Å². The summed E-state index contributed by atoms with van der Waals surface area (Å²) in [7, 11) is 0. The van der Waals surface area contributed by atoms with E-state index in [9.17, 15) is 0 Å². The molecule has 0 fully saturated rings. The van der Waals surface area contributed by atoms with E-state index in [1.807, 2.05) is 18.2 Å². The number of hydrogen-bond donors (Lipinski definition) is 1. The molecule has 2 nitrogen and oxygen atoms in total. The van der Waals surface area contributed by atoms with Crippen molar-refractivity contribution in [2.75, 3.05) is 5.32 Å². The molecule has 1 aliphatic rings. The number of nitrogens with one attached hydrogen (secondary N) is 1. The van der Waals surface area contributed by atoms with Gasteiger partial charge in [0.15, 0.2) is 0 Å². The van der Waals surface area contributed by atoms with Crippen molar-refractivity contribution >= 4 is 5.69 Å². The largest absolute Gasteiger partial charge is 0.378 e. The van der Waals surface area contributed by atoms with Crippen LogP contribution in [0.1, 0.15) is 22.7 Å². The van der Waals surface area contributed by atoms with Gasteiger partial charge in [-0.15, -0.1) is 0 Å². The van der Waals surface area contributed by atoms with Gasteiger partial charge in [-0.3, -0.25) is 0 Å². The van der Waals surface area contributed by atoms with Crippen LogP contribution in [-0.4, -0.2) is 0 Å². The zero-order chi connectivity index (χ0) is 15.6. The summed E-state index contributed by atoms with van der Waals surface area (Å²) in [6, 6.07) is 27.5. The molecule has 3 aromatic carbocycles. The minimum absolute atomic E-state index is 0.281. The highest BCUT2D eigenvalue weighted by Crippen LogP contribution is 2.35. The maximum absolute atomic E-state index is 9.01. The van der Waals surface area contributed by atoms with Crippen LogP contribution in [0.4, 0.5) is 5.69 Å². The molecule has 1 N–H and O–H groups in total. The molecule has 0 saturated carbocycles. The van der Waals surface area contributed by atoms with Crippen molar-refractivity contribution in [2.45, 2.75) is 12.5 Å². The SMILES string of the molecule is N#Cc1ccc2c(c1)NC(c1ccc(-c3ccccc3)cc1)C2. The molecule has 0 bridgehead atoms. The molecule has 1 aliphatic heterocycles. The van der Waals surface area contributed by atoms with Crippen LogP contribution in [0, 0.1) is 11.3 Å². The Morgan fingerprint density at radius 2 is 1.61 bits per heavy atom. The van der Waals surface area contributed by atoms with Crippen molar-refractivity contribution in [3.05, 3.63) is 89.5 Å². The maximum Gasteiger partial charge on any atom is 0.0992 e. The first kappa shape index (κ1) is 13.6. The van der Waals surface area contributed by atoms with Gasteiger partial charge in [-0.05, 0) is 40.8 Å². The van der Waals surface area contributed by atoms with E-state index in [1.165, 1.54) is 22.3 Å². The van der Waals surface area contributed by atoms with Crippen molar-refractivity contribution in [2.24, 2.45) is 0 Å². The average molecular weight is 296 g/mol. The summed E-state index contributed by atoms with van der Waals surface area (Å²) in [5.41, 5.74) is 6.81. The predicted octanol–water partition coefficient (Wildman–Crippen LogP) is 4.93. The number of anilines is 1. The van der Waals surface area contributed by atoms with Gasteiger partial charge in [-0.1, -0.05) is 60.7 Å². The molecule has 1 atom stereocenters. The van der Waals surface area contributed by atoms with Crippen molar-refractivity contribution < 1.29 is 0 Å². The zero-order valence-corrected chi connectivity index (χ0v) is 12.7. The molecule has 0 aromatic heterocycles. The third-order valence-corrected chi connectivity index (χ3v) is 4.41. The fraction of sp³-hybridized carbons (Fsp3) is 0.0952. The summed E-state index contributed by atoms with van der Waals surface area (Å²) in [6.07, 6.45) is 0.964. The fourth-order valence-electron chi connectivity index (χ4n) is 3.16. The second kappa shape index (κ2) is 5.62. The van der Waals surface area contributed by atoms with E-state index >= 15 is 0 Å². The lowest BCUT2D eigenvalue weighted by Gasteiger charge is -2.12. The highest BCUT2D eigenvalue weighted by molar-refractivity contribution is 5.65. The van der Waals surface area contributed by atoms with Gasteiger partial charge in [0.2, 0.25) is 0 Å². The van der Waals surface area contributed by atoms with Gasteiger partial charge in [-0.25, -0.2) is 0 Å². The van der Waals surface area contributed by atoms with Gasteiger partial charge in [0.1, 0.15) is 0 Å². The van der Waals surface area contributed by atoms with Crippen molar-refractivity contribution in [3.8, 4) is 17.2 Å². The van der Waals surface area contributed by atoms with E-state index in [1.54, 1.807) is 0 Å². The molecule has 2 heteroatoms. The van der Waals surface area contributed by atoms with Crippen LogP contribution in [0.5, 0.6) is 0 Å². The minimum atomic E-state index is 0.281. The first-order valence-corrected chi connectivity index (χ1v) is 7.78. The Morgan fingerprint density at radius 1 is 0.870 bits per heavy atom. The Balaban J connectivity index is 1.57. The second-order valence-corrected chi connectivity index (χ2v) is 5.87. The molecule has 0 amide bonds. The van der Waals surface area contributed by atoms with Crippen LogP contribution < -0.4 is 5.32 Å². The molecule has 3 aromatic rings. The normalized spacial score (nSPS) is 15.5. The fourth-order valence-corrected chi connectivity index (χ4v) is 3.16. The number of fused-ring (bicyclic) bond motifs is 1. The first-order chi connectivity index (χ1) is 11.3. The summed E-state index contributed by atoms with van der Waals surface area (Å²) >= 11 is 0. The molecule has 1 unspecified atom stereocenters. The molecule has 0 saturated heterocycles. The summed E-state index contributed by atoms with van der Waals surface area (Å²) in [5, 5.41) is 12.5. The lowest BCUT2D eigenvalue weighted by atomic mass is 9.99. The number of hydrogen-bond acceptors (Lipinski definition) is 2. The summed E-state index contributed by atoms with van der Waals surface area (Å²) in [5.74, 6) is 0. The van der Waals surface area contributed by atoms with Gasteiger partial charge in [-0.2, -0.15) is 5.26 Å². The molecule has 4 rings (SSSR count). The van der Waals surface area contributed by atoms with Gasteiger partial charge in [0.25, 0.3) is 0 Å². The number of rotatable bonds is 2. The van der Waals surface area contributed by atoms with E-state index in [2.05, 4.69) is 66.0 Å². The van der Waals surface area contributed by atoms with Crippen molar-refractivity contribution in [1.82, 2.24) is 0 Å². The van der Waals surface area contributed by atoms with Gasteiger partial charge in [0, 0.05) is 5.69 Å². The van der Waals surface area contributed by atoms with E-state index in [0.717, 1.165) is 12.1 Å². The van der Waals surface area contributed by atoms with E-state index in [-0.39, 0.29) is 6.04 Å². The van der Waals surface area contributed by atoms with Gasteiger partial charge < -0.3 is 5.32 Å². The first-order valence-electron chi connectivity index (χ1n) is 7.78. The van der Waals surface area contributed by atoms with Crippen LogP contribution in [-0.2, 0) is 6.42 Å². The highest BCUT2D eigenvalue weighted by Gasteiger charge is 2.22. The monoisotopic (exact) mass is 296 g/mol. The molecule has 23 heavy (non-hydrogen) atoms. The number of nitrogens with zero attached hydrogens (tertiary/aromatic N) is 1. The highest BCUT2D eigenvalue weighted by atomic mass is 14.9. The second-order valence-electron chi connectivity index (χ2n) is 5.87. The van der Waals surface area contributed by atoms with Crippen molar-refractivity contribution in [3.63, 3.8) is 0 Å². The summed E-state index contributed by atoms with van der Waals surface area (Å²) < 4.78 is 0. The van der Waals surface area contributed by atoms with Crippen LogP contribution >= 0.6 is 0 Å². The van der Waals surface area contributed by atoms with Gasteiger partial charge in [0.05, 0.1) is 17.7 Å². The Bertz CT molecular complexity index is 874. The van der Waals surface area contributed by atoms with Crippen LogP contribution in [0.3, 0.4) is 0 Å². The van der Waals surface area contributed by atoms with Crippen LogP contribution in [0.15, 0.2) is 72.8 Å². The third kappa shape index (κ3) is 2.58. The van der Waals surface area contributed by atoms with Crippen molar-refractivity contribution in [1.29, 1.82) is 5.26 Å². The third-order valence-electron chi connectivity index (χ3n) is 4.41. The standard InChI is InChI=1S/C21H16N2/c22-14-15-6-7-19-13-21(23-20(19)12-15)18-10-8-17(9-11-18)16-4-2-1-3-5-16/h1-12,21,23H,13H2. The van der Waals surface area contributed by atoms with E-state index < -0.39 is 0 Å². The molecule has 110 valence electrons. The van der Waals surface area contributed by atoms with Gasteiger partial charge >= 0.3 is 0 Å². The summed E-state index contributed by atoms with van der Waals surface area (Å²) in [4.78, 5) is 0. The quantitative estimate of drug-likeness (QED) is 0.727. The topological polar surface area (TPSA) is 35.8 Å². The zero-order valence-electron chi connectivity index (χ0n) is 12.7. The molecule has 0 spiro atoms. The van der Waals surface area contributed by atoms with Crippen LogP contribution in [0.25, 0.3) is 11.1 Å². The average Bonchev–Trinajstić information content (AvgIpc) is 3.05. The molecule has 1 heterocycles. The Kier molecular flexibility index (Phi) is 3.33. The smallest absolute Gasteiger partial charge is 0.0992 e. The maximum atomic E-state index is 9.01. The van der Waals surface area contributed by atoms with E-state index in [4.69, 9.17) is 5.26 Å². The number of nitriles is 1. The molecular weight excluding hydrogens is 280 g/mol. The Morgan fingerprint density at radius 3 is 2.35 bits per heavy atom. The molecule has 0 aliphatic carbocycles. The lowest BCUT2D eigenvalue weighted by molar-refractivity contribution is 0.824. The Labute approximate surface area is 136 Å². The Hall–Kier alpha value is -3.05. The molecule has 0 radical (unpaired) electrons. The molecular formula is C21H16N2. The summed E-state index contributed by atoms with van der Waals surface area (Å²) in [6.45, 7) is 0. The minimum Gasteiger partial charge on any atom is -0.378 e. The predicted molar refractivity (Wildman–Crippen MR) is 93.1 cm³/mol. The number of benzene rings is 3.